The minimum Gasteiger partial charge on any atom is -0.196 e. The van der Waals surface area contributed by atoms with Gasteiger partial charge in [0.15, 0.2) is 0 Å². The van der Waals surface area contributed by atoms with Crippen LogP contribution in [0.4, 0.5) is 8.78 Å². The van der Waals surface area contributed by atoms with E-state index in [2.05, 4.69) is 22.5 Å². The van der Waals surface area contributed by atoms with Crippen LogP contribution >= 0.6 is 15.9 Å². The predicted octanol–water partition coefficient (Wildman–Crippen LogP) is 4.51. The van der Waals surface area contributed by atoms with E-state index < -0.39 is 5.92 Å². The van der Waals surface area contributed by atoms with E-state index in [0.717, 1.165) is 0 Å². The first-order valence-electron chi connectivity index (χ1n) is 4.30. The SMILES string of the molecule is C=C(CC)C(F)(F)c1cccc(Br)c1. The molecule has 0 aliphatic rings. The molecule has 1 aromatic rings. The number of allylic oxidation sites excluding steroid dienone is 1. The maximum absolute atomic E-state index is 13.6. The van der Waals surface area contributed by atoms with Crippen molar-refractivity contribution in [3.8, 4) is 0 Å². The Hall–Kier alpha value is -0.700. The average molecular weight is 261 g/mol. The number of rotatable bonds is 3. The summed E-state index contributed by atoms with van der Waals surface area (Å²) in [5.41, 5.74) is -0.0747. The number of hydrogen-bond acceptors (Lipinski definition) is 0. The molecule has 0 aromatic heterocycles. The lowest BCUT2D eigenvalue weighted by Crippen LogP contribution is -2.15. The smallest absolute Gasteiger partial charge is 0.196 e. The van der Waals surface area contributed by atoms with Crippen LogP contribution in [-0.2, 0) is 5.92 Å². The van der Waals surface area contributed by atoms with Crippen LogP contribution in [0.2, 0.25) is 0 Å². The van der Waals surface area contributed by atoms with Gasteiger partial charge in [-0.3, -0.25) is 0 Å². The molecule has 0 nitrogen and oxygen atoms in total. The Morgan fingerprint density at radius 3 is 2.64 bits per heavy atom. The van der Waals surface area contributed by atoms with E-state index in [1.54, 1.807) is 19.1 Å². The number of hydrogen-bond donors (Lipinski definition) is 0. The van der Waals surface area contributed by atoms with Crippen LogP contribution < -0.4 is 0 Å². The fourth-order valence-electron chi connectivity index (χ4n) is 1.11. The number of alkyl halides is 2. The summed E-state index contributed by atoms with van der Waals surface area (Å²) in [6.45, 7) is 5.06. The second kappa shape index (κ2) is 4.22. The minimum atomic E-state index is -2.93. The van der Waals surface area contributed by atoms with Crippen LogP contribution in [0.25, 0.3) is 0 Å². The highest BCUT2D eigenvalue weighted by Crippen LogP contribution is 2.37. The third-order valence-corrected chi connectivity index (χ3v) is 2.55. The molecule has 0 N–H and O–H groups in total. The quantitative estimate of drug-likeness (QED) is 0.702. The van der Waals surface area contributed by atoms with E-state index in [0.29, 0.717) is 4.47 Å². The third-order valence-electron chi connectivity index (χ3n) is 2.06. The Kier molecular flexibility index (Phi) is 3.43. The minimum absolute atomic E-state index is 0.0151. The molecule has 3 heteroatoms. The van der Waals surface area contributed by atoms with Crippen molar-refractivity contribution in [2.75, 3.05) is 0 Å². The van der Waals surface area contributed by atoms with E-state index in [-0.39, 0.29) is 17.6 Å². The summed E-state index contributed by atoms with van der Waals surface area (Å²) in [6.07, 6.45) is 0.277. The lowest BCUT2D eigenvalue weighted by molar-refractivity contribution is 0.0354. The summed E-state index contributed by atoms with van der Waals surface area (Å²) in [5, 5.41) is 0. The van der Waals surface area contributed by atoms with Crippen LogP contribution in [0.15, 0.2) is 40.9 Å². The summed E-state index contributed by atoms with van der Waals surface area (Å²) in [5.74, 6) is -2.93. The Labute approximate surface area is 90.8 Å². The van der Waals surface area contributed by atoms with Gasteiger partial charge in [-0.1, -0.05) is 41.6 Å². The Morgan fingerprint density at radius 2 is 2.14 bits per heavy atom. The van der Waals surface area contributed by atoms with Gasteiger partial charge in [0, 0.05) is 10.0 Å². The first kappa shape index (κ1) is 11.4. The largest absolute Gasteiger partial charge is 0.294 e. The Morgan fingerprint density at radius 1 is 1.50 bits per heavy atom. The van der Waals surface area contributed by atoms with Crippen molar-refractivity contribution in [1.29, 1.82) is 0 Å². The monoisotopic (exact) mass is 260 g/mol. The summed E-state index contributed by atoms with van der Waals surface area (Å²) in [6, 6.07) is 6.14. The van der Waals surface area contributed by atoms with Crippen molar-refractivity contribution in [3.05, 3.63) is 46.5 Å². The molecule has 0 aliphatic heterocycles. The van der Waals surface area contributed by atoms with Gasteiger partial charge in [-0.15, -0.1) is 0 Å². The van der Waals surface area contributed by atoms with Crippen molar-refractivity contribution in [2.24, 2.45) is 0 Å². The topological polar surface area (TPSA) is 0 Å². The maximum atomic E-state index is 13.6. The van der Waals surface area contributed by atoms with Gasteiger partial charge in [-0.25, -0.2) is 0 Å². The summed E-state index contributed by atoms with van der Waals surface area (Å²) in [7, 11) is 0. The van der Waals surface area contributed by atoms with Gasteiger partial charge in [-0.05, 0) is 24.1 Å². The van der Waals surface area contributed by atoms with E-state index in [1.165, 1.54) is 12.1 Å². The molecule has 0 fully saturated rings. The fraction of sp³-hybridized carbons (Fsp3) is 0.273. The van der Waals surface area contributed by atoms with E-state index in [9.17, 15) is 8.78 Å². The zero-order valence-electron chi connectivity index (χ0n) is 7.86. The average Bonchev–Trinajstić information content (AvgIpc) is 2.16. The molecule has 14 heavy (non-hydrogen) atoms. The van der Waals surface area contributed by atoms with Crippen LogP contribution in [0, 0.1) is 0 Å². The second-order valence-electron chi connectivity index (χ2n) is 3.04. The Balaban J connectivity index is 3.09. The lowest BCUT2D eigenvalue weighted by Gasteiger charge is -2.18. The summed E-state index contributed by atoms with van der Waals surface area (Å²) < 4.78 is 27.9. The Bertz CT molecular complexity index is 345. The highest BCUT2D eigenvalue weighted by atomic mass is 79.9. The molecule has 0 saturated carbocycles. The predicted molar refractivity (Wildman–Crippen MR) is 57.5 cm³/mol. The summed E-state index contributed by atoms with van der Waals surface area (Å²) in [4.78, 5) is 0. The molecule has 0 aliphatic carbocycles. The molecular formula is C11H11BrF2. The molecule has 0 radical (unpaired) electrons. The highest BCUT2D eigenvalue weighted by molar-refractivity contribution is 9.10. The second-order valence-corrected chi connectivity index (χ2v) is 3.96. The van der Waals surface area contributed by atoms with Gasteiger partial charge in [-0.2, -0.15) is 8.78 Å². The van der Waals surface area contributed by atoms with Gasteiger partial charge in [0.05, 0.1) is 0 Å². The lowest BCUT2D eigenvalue weighted by atomic mass is 10.0. The van der Waals surface area contributed by atoms with Gasteiger partial charge < -0.3 is 0 Å². The van der Waals surface area contributed by atoms with Gasteiger partial charge in [0.2, 0.25) is 0 Å². The van der Waals surface area contributed by atoms with Crippen molar-refractivity contribution in [2.45, 2.75) is 19.3 Å². The molecule has 0 saturated heterocycles. The molecule has 0 atom stereocenters. The zero-order valence-corrected chi connectivity index (χ0v) is 9.44. The van der Waals surface area contributed by atoms with Gasteiger partial charge in [0.25, 0.3) is 5.92 Å². The number of benzene rings is 1. The van der Waals surface area contributed by atoms with Gasteiger partial charge >= 0.3 is 0 Å². The molecule has 0 bridgehead atoms. The molecule has 0 heterocycles. The van der Waals surface area contributed by atoms with Crippen LogP contribution in [0.1, 0.15) is 18.9 Å². The maximum Gasteiger partial charge on any atom is 0.294 e. The van der Waals surface area contributed by atoms with Crippen molar-refractivity contribution < 1.29 is 8.78 Å². The normalized spacial score (nSPS) is 11.4. The van der Waals surface area contributed by atoms with Crippen LogP contribution in [0.3, 0.4) is 0 Å². The van der Waals surface area contributed by atoms with E-state index >= 15 is 0 Å². The molecule has 0 amide bonds. The van der Waals surface area contributed by atoms with Crippen molar-refractivity contribution in [1.82, 2.24) is 0 Å². The first-order valence-corrected chi connectivity index (χ1v) is 5.10. The molecule has 0 spiro atoms. The number of halogens is 3. The first-order chi connectivity index (χ1) is 6.48. The summed E-state index contributed by atoms with van der Waals surface area (Å²) >= 11 is 3.16. The molecular weight excluding hydrogens is 250 g/mol. The van der Waals surface area contributed by atoms with Gasteiger partial charge in [0.1, 0.15) is 0 Å². The standard InChI is InChI=1S/C11H11BrF2/c1-3-8(2)11(13,14)9-5-4-6-10(12)7-9/h4-7H,2-3H2,1H3. The third kappa shape index (κ3) is 2.21. The van der Waals surface area contributed by atoms with Crippen molar-refractivity contribution >= 4 is 15.9 Å². The fourth-order valence-corrected chi connectivity index (χ4v) is 1.51. The van der Waals surface area contributed by atoms with Crippen molar-refractivity contribution in [3.63, 3.8) is 0 Å². The molecule has 1 aromatic carbocycles. The molecule has 1 rings (SSSR count). The van der Waals surface area contributed by atoms with E-state index in [4.69, 9.17) is 0 Å². The molecule has 0 unspecified atom stereocenters. The highest BCUT2D eigenvalue weighted by Gasteiger charge is 2.33. The van der Waals surface area contributed by atoms with E-state index in [1.807, 2.05) is 0 Å². The zero-order chi connectivity index (χ0) is 10.8. The van der Waals surface area contributed by atoms with Crippen LogP contribution in [0.5, 0.6) is 0 Å². The van der Waals surface area contributed by atoms with Crippen LogP contribution in [-0.4, -0.2) is 0 Å². The molecule has 76 valence electrons.